The summed E-state index contributed by atoms with van der Waals surface area (Å²) in [5.41, 5.74) is 2.92. The molecule has 108 valence electrons. The highest BCUT2D eigenvalue weighted by Crippen LogP contribution is 2.27. The Kier molecular flexibility index (Phi) is 5.04. The molecule has 1 heterocycles. The summed E-state index contributed by atoms with van der Waals surface area (Å²) < 4.78 is 11.1. The molecule has 1 aromatic heterocycles. The minimum Gasteiger partial charge on any atom is -0.485 e. The van der Waals surface area contributed by atoms with Crippen LogP contribution in [0.15, 0.2) is 22.7 Å². The van der Waals surface area contributed by atoms with Crippen molar-refractivity contribution >= 4 is 11.6 Å². The zero-order valence-corrected chi connectivity index (χ0v) is 12.8. The maximum atomic E-state index is 6.00. The van der Waals surface area contributed by atoms with E-state index in [1.165, 1.54) is 0 Å². The molecule has 0 saturated carbocycles. The predicted octanol–water partition coefficient (Wildman–Crippen LogP) is 3.63. The zero-order chi connectivity index (χ0) is 14.5. The first-order chi connectivity index (χ1) is 9.60. The Morgan fingerprint density at radius 3 is 2.60 bits per heavy atom. The average molecular weight is 295 g/mol. The molecule has 0 aliphatic rings. The lowest BCUT2D eigenvalue weighted by atomic mass is 10.1. The summed E-state index contributed by atoms with van der Waals surface area (Å²) in [6.45, 7) is 7.98. The van der Waals surface area contributed by atoms with Gasteiger partial charge in [-0.25, -0.2) is 0 Å². The van der Waals surface area contributed by atoms with E-state index < -0.39 is 0 Å². The van der Waals surface area contributed by atoms with Crippen molar-refractivity contribution in [2.75, 3.05) is 6.54 Å². The number of nitrogens with zero attached hydrogens (tertiary/aromatic N) is 1. The average Bonchev–Trinajstić information content (AvgIpc) is 2.83. The maximum Gasteiger partial charge on any atom is 0.174 e. The van der Waals surface area contributed by atoms with Crippen molar-refractivity contribution < 1.29 is 9.26 Å². The van der Waals surface area contributed by atoms with Crippen LogP contribution in [0.1, 0.15) is 29.5 Å². The lowest BCUT2D eigenvalue weighted by Crippen LogP contribution is -2.11. The second-order valence-electron chi connectivity index (χ2n) is 4.72. The molecule has 0 amide bonds. The summed E-state index contributed by atoms with van der Waals surface area (Å²) in [6.07, 6.45) is 0. The molecule has 20 heavy (non-hydrogen) atoms. The van der Waals surface area contributed by atoms with Crippen molar-refractivity contribution in [3.05, 3.63) is 45.8 Å². The summed E-state index contributed by atoms with van der Waals surface area (Å²) in [7, 11) is 0. The van der Waals surface area contributed by atoms with Crippen molar-refractivity contribution in [2.45, 2.75) is 33.9 Å². The molecule has 0 spiro atoms. The van der Waals surface area contributed by atoms with Crippen LogP contribution in [0.5, 0.6) is 5.75 Å². The Labute approximate surface area is 124 Å². The molecule has 0 atom stereocenters. The van der Waals surface area contributed by atoms with Gasteiger partial charge in [-0.2, -0.15) is 0 Å². The first kappa shape index (κ1) is 14.9. The van der Waals surface area contributed by atoms with Gasteiger partial charge in [0.1, 0.15) is 12.4 Å². The SMILES string of the molecule is CCNCc1cc(COc2c(C)cc(Cl)cc2C)on1. The number of aryl methyl sites for hydroxylation is 2. The van der Waals surface area contributed by atoms with Gasteiger partial charge in [-0.3, -0.25) is 0 Å². The van der Waals surface area contributed by atoms with Crippen LogP contribution < -0.4 is 10.1 Å². The van der Waals surface area contributed by atoms with E-state index in [1.807, 2.05) is 32.0 Å². The van der Waals surface area contributed by atoms with Crippen LogP contribution in [0.2, 0.25) is 5.02 Å². The number of halogens is 1. The van der Waals surface area contributed by atoms with E-state index in [1.54, 1.807) is 0 Å². The molecule has 2 aromatic rings. The van der Waals surface area contributed by atoms with E-state index >= 15 is 0 Å². The summed E-state index contributed by atoms with van der Waals surface area (Å²) >= 11 is 6.00. The van der Waals surface area contributed by atoms with Gasteiger partial charge in [0.2, 0.25) is 0 Å². The van der Waals surface area contributed by atoms with E-state index in [2.05, 4.69) is 17.4 Å². The third-order valence-corrected chi connectivity index (χ3v) is 3.17. The maximum absolute atomic E-state index is 6.00. The van der Waals surface area contributed by atoms with Crippen LogP contribution in [-0.4, -0.2) is 11.7 Å². The topological polar surface area (TPSA) is 47.3 Å². The van der Waals surface area contributed by atoms with Gasteiger partial charge in [-0.1, -0.05) is 23.7 Å². The normalized spacial score (nSPS) is 10.8. The molecule has 2 rings (SSSR count). The number of benzene rings is 1. The molecule has 0 aliphatic heterocycles. The van der Waals surface area contributed by atoms with Crippen LogP contribution in [0.25, 0.3) is 0 Å². The fourth-order valence-electron chi connectivity index (χ4n) is 2.03. The lowest BCUT2D eigenvalue weighted by Gasteiger charge is -2.11. The molecule has 0 bridgehead atoms. The van der Waals surface area contributed by atoms with Crippen molar-refractivity contribution in [2.24, 2.45) is 0 Å². The second kappa shape index (κ2) is 6.77. The number of hydrogen-bond donors (Lipinski definition) is 1. The number of ether oxygens (including phenoxy) is 1. The van der Waals surface area contributed by atoms with Crippen molar-refractivity contribution in [1.82, 2.24) is 10.5 Å². The van der Waals surface area contributed by atoms with Gasteiger partial charge in [-0.15, -0.1) is 0 Å². The molecule has 5 heteroatoms. The highest BCUT2D eigenvalue weighted by Gasteiger charge is 2.09. The number of aromatic nitrogens is 1. The Morgan fingerprint density at radius 2 is 1.95 bits per heavy atom. The Bertz CT molecular complexity index is 558. The van der Waals surface area contributed by atoms with Gasteiger partial charge < -0.3 is 14.6 Å². The fourth-order valence-corrected chi connectivity index (χ4v) is 2.36. The smallest absolute Gasteiger partial charge is 0.174 e. The largest absolute Gasteiger partial charge is 0.485 e. The number of nitrogens with one attached hydrogen (secondary N) is 1. The van der Waals surface area contributed by atoms with Gasteiger partial charge in [0.05, 0.1) is 5.69 Å². The summed E-state index contributed by atoms with van der Waals surface area (Å²) in [5.74, 6) is 1.56. The third-order valence-electron chi connectivity index (χ3n) is 2.95. The number of hydrogen-bond acceptors (Lipinski definition) is 4. The summed E-state index contributed by atoms with van der Waals surface area (Å²) in [5, 5.41) is 7.91. The van der Waals surface area contributed by atoms with Crippen molar-refractivity contribution in [3.8, 4) is 5.75 Å². The Morgan fingerprint density at radius 1 is 1.25 bits per heavy atom. The zero-order valence-electron chi connectivity index (χ0n) is 12.0. The Balaban J connectivity index is 2.00. The van der Waals surface area contributed by atoms with Crippen LogP contribution >= 0.6 is 11.6 Å². The molecule has 0 radical (unpaired) electrons. The standard InChI is InChI=1S/C15H19ClN2O2/c1-4-17-8-13-7-14(20-18-13)9-19-15-10(2)5-12(16)6-11(15)3/h5-7,17H,4,8-9H2,1-3H3. The first-order valence-electron chi connectivity index (χ1n) is 6.65. The van der Waals surface area contributed by atoms with Crippen LogP contribution in [0.3, 0.4) is 0 Å². The highest BCUT2D eigenvalue weighted by atomic mass is 35.5. The van der Waals surface area contributed by atoms with Gasteiger partial charge in [0.15, 0.2) is 5.76 Å². The van der Waals surface area contributed by atoms with Crippen LogP contribution in [0, 0.1) is 13.8 Å². The van der Waals surface area contributed by atoms with E-state index in [4.69, 9.17) is 20.9 Å². The molecular weight excluding hydrogens is 276 g/mol. The fraction of sp³-hybridized carbons (Fsp3) is 0.400. The van der Waals surface area contributed by atoms with Gasteiger partial charge >= 0.3 is 0 Å². The molecular formula is C15H19ClN2O2. The van der Waals surface area contributed by atoms with Crippen LogP contribution in [0.4, 0.5) is 0 Å². The molecule has 4 nitrogen and oxygen atoms in total. The van der Waals surface area contributed by atoms with Gasteiger partial charge in [0, 0.05) is 17.6 Å². The second-order valence-corrected chi connectivity index (χ2v) is 5.16. The van der Waals surface area contributed by atoms with E-state index in [0.717, 1.165) is 34.1 Å². The van der Waals surface area contributed by atoms with Crippen LogP contribution in [-0.2, 0) is 13.2 Å². The molecule has 0 saturated heterocycles. The summed E-state index contributed by atoms with van der Waals surface area (Å²) in [4.78, 5) is 0. The quantitative estimate of drug-likeness (QED) is 0.884. The van der Waals surface area contributed by atoms with Crippen molar-refractivity contribution in [1.29, 1.82) is 0 Å². The summed E-state index contributed by atoms with van der Waals surface area (Å²) in [6, 6.07) is 5.69. The van der Waals surface area contributed by atoms with E-state index in [0.29, 0.717) is 18.9 Å². The Hall–Kier alpha value is -1.52. The first-order valence-corrected chi connectivity index (χ1v) is 7.02. The molecule has 0 unspecified atom stereocenters. The van der Waals surface area contributed by atoms with Crippen molar-refractivity contribution in [3.63, 3.8) is 0 Å². The van der Waals surface area contributed by atoms with Gasteiger partial charge in [-0.05, 0) is 43.7 Å². The third kappa shape index (κ3) is 3.74. The van der Waals surface area contributed by atoms with E-state index in [9.17, 15) is 0 Å². The lowest BCUT2D eigenvalue weighted by molar-refractivity contribution is 0.246. The molecule has 1 aromatic carbocycles. The van der Waals surface area contributed by atoms with Gasteiger partial charge in [0.25, 0.3) is 0 Å². The molecule has 0 aliphatic carbocycles. The highest BCUT2D eigenvalue weighted by molar-refractivity contribution is 6.30. The van der Waals surface area contributed by atoms with E-state index in [-0.39, 0.29) is 0 Å². The predicted molar refractivity (Wildman–Crippen MR) is 79.1 cm³/mol. The monoisotopic (exact) mass is 294 g/mol. The molecule has 0 fully saturated rings. The molecule has 1 N–H and O–H groups in total. The minimum absolute atomic E-state index is 0.364. The number of rotatable bonds is 6. The minimum atomic E-state index is 0.364.